The van der Waals surface area contributed by atoms with Crippen molar-refractivity contribution < 1.29 is 9.53 Å². The fraction of sp³-hybridized carbons (Fsp3) is 0.143. The number of ether oxygens (including phenoxy) is 1. The standard InChI is InChI=1S/C21H14BrN3O2S/c22-12-7-8-15-14(10-12)21(20(26)23-15)25-17(13-4-1-2-5-18(13)27-21)11-16(24-25)19-6-3-9-28-19/h1-10,17H,11H2,(H,23,26)/t17-,21-/m0/s1. The highest BCUT2D eigenvalue weighted by Gasteiger charge is 2.60. The number of anilines is 1. The van der Waals surface area contributed by atoms with Gasteiger partial charge in [0.1, 0.15) is 5.75 Å². The van der Waals surface area contributed by atoms with Crippen molar-refractivity contribution in [1.29, 1.82) is 0 Å². The number of hydrazone groups is 1. The summed E-state index contributed by atoms with van der Waals surface area (Å²) in [6.07, 6.45) is 0.735. The van der Waals surface area contributed by atoms with Crippen molar-refractivity contribution in [3.05, 3.63) is 80.5 Å². The molecule has 3 aromatic rings. The number of hydrogen-bond donors (Lipinski definition) is 1. The monoisotopic (exact) mass is 451 g/mol. The van der Waals surface area contributed by atoms with Gasteiger partial charge >= 0.3 is 5.72 Å². The van der Waals surface area contributed by atoms with Gasteiger partial charge in [0.05, 0.1) is 27.9 Å². The van der Waals surface area contributed by atoms with E-state index in [0.29, 0.717) is 0 Å². The normalized spacial score (nSPS) is 24.3. The van der Waals surface area contributed by atoms with Crippen LogP contribution in [0.4, 0.5) is 5.69 Å². The highest BCUT2D eigenvalue weighted by Crippen LogP contribution is 2.54. The van der Waals surface area contributed by atoms with Crippen LogP contribution in [-0.4, -0.2) is 16.6 Å². The molecule has 5 nitrogen and oxygen atoms in total. The molecule has 1 aromatic heterocycles. The van der Waals surface area contributed by atoms with Crippen LogP contribution in [0.25, 0.3) is 0 Å². The van der Waals surface area contributed by atoms with E-state index in [-0.39, 0.29) is 11.9 Å². The average Bonchev–Trinajstić information content (AvgIpc) is 3.42. The van der Waals surface area contributed by atoms with Crippen molar-refractivity contribution in [3.8, 4) is 5.75 Å². The first-order valence-corrected chi connectivity index (χ1v) is 10.6. The van der Waals surface area contributed by atoms with Crippen molar-refractivity contribution in [3.63, 3.8) is 0 Å². The highest BCUT2D eigenvalue weighted by atomic mass is 79.9. The SMILES string of the molecule is O=C1Nc2ccc(Br)cc2[C@]12Oc1ccccc1[C@@H]1CC(c3cccs3)=NN12. The number of nitrogens with zero attached hydrogens (tertiary/aromatic N) is 2. The molecule has 0 unspecified atom stereocenters. The van der Waals surface area contributed by atoms with Gasteiger partial charge in [-0.05, 0) is 35.7 Å². The predicted octanol–water partition coefficient (Wildman–Crippen LogP) is 4.86. The average molecular weight is 452 g/mol. The Morgan fingerprint density at radius 1 is 1.21 bits per heavy atom. The van der Waals surface area contributed by atoms with Crippen LogP contribution in [0.1, 0.15) is 28.5 Å². The molecular formula is C21H14BrN3O2S. The van der Waals surface area contributed by atoms with Crippen LogP contribution in [0.2, 0.25) is 0 Å². The Labute approximate surface area is 173 Å². The summed E-state index contributed by atoms with van der Waals surface area (Å²) in [6.45, 7) is 0. The molecule has 1 N–H and O–H groups in total. The van der Waals surface area contributed by atoms with Crippen molar-refractivity contribution in [2.24, 2.45) is 5.10 Å². The second kappa shape index (κ2) is 5.68. The van der Waals surface area contributed by atoms with Gasteiger partial charge in [-0.15, -0.1) is 11.3 Å². The molecular weight excluding hydrogens is 438 g/mol. The molecule has 28 heavy (non-hydrogen) atoms. The van der Waals surface area contributed by atoms with Crippen molar-refractivity contribution in [2.45, 2.75) is 18.2 Å². The van der Waals surface area contributed by atoms with Crippen LogP contribution >= 0.6 is 27.3 Å². The molecule has 2 atom stereocenters. The van der Waals surface area contributed by atoms with Gasteiger partial charge in [0, 0.05) is 16.5 Å². The Balaban J connectivity index is 1.60. The second-order valence-electron chi connectivity index (χ2n) is 7.02. The highest BCUT2D eigenvalue weighted by molar-refractivity contribution is 9.10. The second-order valence-corrected chi connectivity index (χ2v) is 8.88. The zero-order valence-electron chi connectivity index (χ0n) is 14.6. The summed E-state index contributed by atoms with van der Waals surface area (Å²) < 4.78 is 7.33. The van der Waals surface area contributed by atoms with Gasteiger partial charge in [-0.2, -0.15) is 5.10 Å². The largest absolute Gasteiger partial charge is 0.453 e. The fourth-order valence-electron chi connectivity index (χ4n) is 4.25. The molecule has 0 saturated carbocycles. The summed E-state index contributed by atoms with van der Waals surface area (Å²) in [7, 11) is 0. The topological polar surface area (TPSA) is 53.9 Å². The Kier molecular flexibility index (Phi) is 3.31. The van der Waals surface area contributed by atoms with Crippen LogP contribution in [0.15, 0.2) is 69.6 Å². The molecule has 4 heterocycles. The molecule has 0 aliphatic carbocycles. The molecule has 7 heteroatoms. The summed E-state index contributed by atoms with van der Waals surface area (Å²) in [5.74, 6) is 0.519. The predicted molar refractivity (Wildman–Crippen MR) is 112 cm³/mol. The van der Waals surface area contributed by atoms with Gasteiger partial charge in [0.2, 0.25) is 0 Å². The third-order valence-corrected chi connectivity index (χ3v) is 6.89. The molecule has 6 rings (SSSR count). The van der Waals surface area contributed by atoms with E-state index >= 15 is 0 Å². The van der Waals surface area contributed by atoms with Crippen molar-refractivity contribution >= 4 is 44.6 Å². The van der Waals surface area contributed by atoms with E-state index in [1.54, 1.807) is 11.3 Å². The number of halogens is 1. The Morgan fingerprint density at radius 3 is 2.96 bits per heavy atom. The zero-order chi connectivity index (χ0) is 18.9. The minimum atomic E-state index is -1.31. The van der Waals surface area contributed by atoms with E-state index in [1.807, 2.05) is 52.9 Å². The smallest absolute Gasteiger partial charge is 0.306 e. The van der Waals surface area contributed by atoms with Gasteiger partial charge in [0.15, 0.2) is 0 Å². The number of carbonyl (C=O) groups excluding carboxylic acids is 1. The Hall–Kier alpha value is -2.64. The van der Waals surface area contributed by atoms with E-state index in [9.17, 15) is 4.79 Å². The molecule has 0 fully saturated rings. The number of nitrogens with one attached hydrogen (secondary N) is 1. The number of para-hydroxylation sites is 1. The number of benzene rings is 2. The van der Waals surface area contributed by atoms with Gasteiger partial charge in [-0.1, -0.05) is 40.2 Å². The van der Waals surface area contributed by atoms with Gasteiger partial charge in [-0.3, -0.25) is 4.79 Å². The molecule has 0 radical (unpaired) electrons. The minimum Gasteiger partial charge on any atom is -0.453 e. The lowest BCUT2D eigenvalue weighted by Crippen LogP contribution is -2.55. The maximum atomic E-state index is 13.3. The van der Waals surface area contributed by atoms with E-state index in [4.69, 9.17) is 9.84 Å². The summed E-state index contributed by atoms with van der Waals surface area (Å²) in [5, 5.41) is 11.8. The van der Waals surface area contributed by atoms with E-state index < -0.39 is 5.72 Å². The fourth-order valence-corrected chi connectivity index (χ4v) is 5.34. The maximum Gasteiger partial charge on any atom is 0.306 e. The van der Waals surface area contributed by atoms with Gasteiger partial charge in [-0.25, -0.2) is 5.01 Å². The number of carbonyl (C=O) groups is 1. The number of rotatable bonds is 1. The third-order valence-electron chi connectivity index (χ3n) is 5.48. The summed E-state index contributed by atoms with van der Waals surface area (Å²) >= 11 is 5.20. The lowest BCUT2D eigenvalue weighted by molar-refractivity contribution is -0.161. The Morgan fingerprint density at radius 2 is 2.11 bits per heavy atom. The molecule has 138 valence electrons. The lowest BCUT2D eigenvalue weighted by Gasteiger charge is -2.44. The van der Waals surface area contributed by atoms with Crippen LogP contribution in [0.3, 0.4) is 0 Å². The van der Waals surface area contributed by atoms with Gasteiger partial charge < -0.3 is 10.1 Å². The van der Waals surface area contributed by atoms with Crippen LogP contribution in [0, 0.1) is 0 Å². The first kappa shape index (κ1) is 16.3. The minimum absolute atomic E-state index is 0.0577. The number of amides is 1. The third kappa shape index (κ3) is 2.06. The number of fused-ring (bicyclic) bond motifs is 6. The molecule has 0 saturated heterocycles. The zero-order valence-corrected chi connectivity index (χ0v) is 17.0. The van der Waals surface area contributed by atoms with E-state index in [1.165, 1.54) is 0 Å². The summed E-state index contributed by atoms with van der Waals surface area (Å²) in [5.41, 5.74) is 2.27. The van der Waals surface area contributed by atoms with Crippen LogP contribution < -0.4 is 10.1 Å². The first-order valence-electron chi connectivity index (χ1n) is 8.97. The van der Waals surface area contributed by atoms with E-state index in [0.717, 1.165) is 44.0 Å². The molecule has 2 aromatic carbocycles. The van der Waals surface area contributed by atoms with Gasteiger partial charge in [0.25, 0.3) is 5.91 Å². The molecule has 1 spiro atoms. The summed E-state index contributed by atoms with van der Waals surface area (Å²) in [4.78, 5) is 14.4. The number of thiophene rings is 1. The van der Waals surface area contributed by atoms with E-state index in [2.05, 4.69) is 33.4 Å². The van der Waals surface area contributed by atoms with Crippen LogP contribution in [0.5, 0.6) is 5.75 Å². The molecule has 1 amide bonds. The molecule has 3 aliphatic rings. The summed E-state index contributed by atoms with van der Waals surface area (Å²) in [6, 6.07) is 17.7. The van der Waals surface area contributed by atoms with Crippen molar-refractivity contribution in [2.75, 3.05) is 5.32 Å². The maximum absolute atomic E-state index is 13.3. The molecule has 0 bridgehead atoms. The van der Waals surface area contributed by atoms with Crippen molar-refractivity contribution in [1.82, 2.24) is 5.01 Å². The quantitative estimate of drug-likeness (QED) is 0.574. The lowest BCUT2D eigenvalue weighted by atomic mass is 9.93. The first-order chi connectivity index (χ1) is 13.7. The number of hydrogen-bond acceptors (Lipinski definition) is 5. The Bertz CT molecular complexity index is 1160. The molecule has 3 aliphatic heterocycles. The van der Waals surface area contributed by atoms with Crippen LogP contribution in [-0.2, 0) is 10.5 Å².